The van der Waals surface area contributed by atoms with Crippen molar-refractivity contribution in [3.8, 4) is 17.3 Å². The quantitative estimate of drug-likeness (QED) is 0.674. The van der Waals surface area contributed by atoms with Gasteiger partial charge >= 0.3 is 0 Å². The van der Waals surface area contributed by atoms with E-state index < -0.39 is 5.54 Å². The van der Waals surface area contributed by atoms with Crippen LogP contribution in [-0.4, -0.2) is 15.5 Å². The number of halogens is 2. The second-order valence-corrected chi connectivity index (χ2v) is 7.74. The summed E-state index contributed by atoms with van der Waals surface area (Å²) in [7, 11) is 0. The molecule has 8 heteroatoms. The van der Waals surface area contributed by atoms with Gasteiger partial charge in [-0.25, -0.2) is 9.37 Å². The number of nitrogens with one attached hydrogen (secondary N) is 2. The van der Waals surface area contributed by atoms with Crippen molar-refractivity contribution >= 4 is 29.0 Å². The topological polar surface area (TPSA) is 82.7 Å². The minimum absolute atomic E-state index is 0.0965. The van der Waals surface area contributed by atoms with Crippen molar-refractivity contribution in [2.45, 2.75) is 25.9 Å². The van der Waals surface area contributed by atoms with Gasteiger partial charge in [0.15, 0.2) is 0 Å². The van der Waals surface area contributed by atoms with Crippen molar-refractivity contribution in [1.29, 1.82) is 5.26 Å². The predicted octanol–water partition coefficient (Wildman–Crippen LogP) is 4.32. The number of hydrogen-bond acceptors (Lipinski definition) is 4. The van der Waals surface area contributed by atoms with Gasteiger partial charge in [-0.2, -0.15) is 5.26 Å². The fraction of sp³-hybridized carbons (Fsp3) is 0.190. The molecule has 0 radical (unpaired) electrons. The van der Waals surface area contributed by atoms with Crippen LogP contribution in [0.2, 0.25) is 5.02 Å². The highest BCUT2D eigenvalue weighted by molar-refractivity contribution is 6.32. The zero-order valence-corrected chi connectivity index (χ0v) is 16.5. The summed E-state index contributed by atoms with van der Waals surface area (Å²) < 4.78 is 15.2. The fourth-order valence-electron chi connectivity index (χ4n) is 3.43. The Bertz CT molecular complexity index is 1160. The third-order valence-corrected chi connectivity index (χ3v) is 5.06. The Morgan fingerprint density at radius 2 is 2.00 bits per heavy atom. The molecule has 29 heavy (non-hydrogen) atoms. The van der Waals surface area contributed by atoms with Gasteiger partial charge < -0.3 is 15.2 Å². The van der Waals surface area contributed by atoms with Gasteiger partial charge in [-0.1, -0.05) is 11.6 Å². The van der Waals surface area contributed by atoms with E-state index in [0.717, 1.165) is 0 Å². The van der Waals surface area contributed by atoms with Crippen molar-refractivity contribution in [2.24, 2.45) is 0 Å². The molecule has 0 atom stereocenters. The lowest BCUT2D eigenvalue weighted by molar-refractivity contribution is -0.124. The van der Waals surface area contributed by atoms with Gasteiger partial charge in [0.2, 0.25) is 5.91 Å². The molecular weight excluding hydrogens is 393 g/mol. The molecule has 2 N–H and O–H groups in total. The molecule has 1 aliphatic rings. The van der Waals surface area contributed by atoms with Gasteiger partial charge in [0.05, 0.1) is 16.1 Å². The first-order chi connectivity index (χ1) is 13.8. The standard InChI is InChI=1S/C21H17ClFN5O/c1-21(2)20-26-18(12-3-6-14(23)7-4-12)19(28(20)11-17(29)27-21)25-15-8-5-13(10-24)16(22)9-15/h3-9,25H,11H2,1-2H3,(H,27,29). The normalized spacial score (nSPS) is 14.7. The molecule has 1 amide bonds. The highest BCUT2D eigenvalue weighted by atomic mass is 35.5. The Hall–Kier alpha value is -3.37. The summed E-state index contributed by atoms with van der Waals surface area (Å²) in [6.07, 6.45) is 0. The van der Waals surface area contributed by atoms with Crippen LogP contribution in [0, 0.1) is 17.1 Å². The molecule has 0 aliphatic carbocycles. The van der Waals surface area contributed by atoms with Crippen molar-refractivity contribution in [3.05, 3.63) is 64.7 Å². The molecule has 2 aromatic carbocycles. The summed E-state index contributed by atoms with van der Waals surface area (Å²) in [6.45, 7) is 3.85. The zero-order valence-electron chi connectivity index (χ0n) is 15.8. The molecule has 0 bridgehead atoms. The lowest BCUT2D eigenvalue weighted by Crippen LogP contribution is -2.49. The number of nitriles is 1. The Balaban J connectivity index is 1.88. The summed E-state index contributed by atoms with van der Waals surface area (Å²) >= 11 is 6.17. The smallest absolute Gasteiger partial charge is 0.240 e. The maximum absolute atomic E-state index is 13.4. The Morgan fingerprint density at radius 1 is 1.28 bits per heavy atom. The summed E-state index contributed by atoms with van der Waals surface area (Å²) in [5, 5.41) is 15.6. The van der Waals surface area contributed by atoms with E-state index in [1.165, 1.54) is 12.1 Å². The number of aromatic nitrogens is 2. The SMILES string of the molecule is CC1(C)NC(=O)Cn2c1nc(-c1ccc(F)cc1)c2Nc1ccc(C#N)c(Cl)c1. The fourth-order valence-corrected chi connectivity index (χ4v) is 3.65. The van der Waals surface area contributed by atoms with Crippen LogP contribution >= 0.6 is 11.6 Å². The highest BCUT2D eigenvalue weighted by Gasteiger charge is 2.36. The van der Waals surface area contributed by atoms with E-state index in [9.17, 15) is 9.18 Å². The van der Waals surface area contributed by atoms with Crippen LogP contribution in [0.1, 0.15) is 25.2 Å². The summed E-state index contributed by atoms with van der Waals surface area (Å²) in [5.74, 6) is 0.795. The van der Waals surface area contributed by atoms with Crippen LogP contribution in [0.15, 0.2) is 42.5 Å². The first kappa shape index (κ1) is 19.0. The van der Waals surface area contributed by atoms with Gasteiger partial charge in [-0.15, -0.1) is 0 Å². The minimum Gasteiger partial charge on any atom is -0.342 e. The molecule has 0 fully saturated rings. The third kappa shape index (κ3) is 3.43. The van der Waals surface area contributed by atoms with Crippen LogP contribution in [0.3, 0.4) is 0 Å². The van der Waals surface area contributed by atoms with Crippen molar-refractivity contribution in [1.82, 2.24) is 14.9 Å². The molecule has 4 rings (SSSR count). The van der Waals surface area contributed by atoms with E-state index >= 15 is 0 Å². The van der Waals surface area contributed by atoms with E-state index in [-0.39, 0.29) is 18.3 Å². The number of fused-ring (bicyclic) bond motifs is 1. The predicted molar refractivity (Wildman–Crippen MR) is 108 cm³/mol. The molecule has 6 nitrogen and oxygen atoms in total. The maximum Gasteiger partial charge on any atom is 0.240 e. The number of carbonyl (C=O) groups is 1. The number of imidazole rings is 1. The largest absolute Gasteiger partial charge is 0.342 e. The van der Waals surface area contributed by atoms with Crippen molar-refractivity contribution < 1.29 is 9.18 Å². The first-order valence-electron chi connectivity index (χ1n) is 8.93. The second-order valence-electron chi connectivity index (χ2n) is 7.33. The lowest BCUT2D eigenvalue weighted by atomic mass is 10.0. The van der Waals surface area contributed by atoms with E-state index in [2.05, 4.69) is 10.6 Å². The number of amides is 1. The van der Waals surface area contributed by atoms with Gasteiger partial charge in [-0.3, -0.25) is 4.79 Å². The third-order valence-electron chi connectivity index (χ3n) is 4.75. The molecule has 2 heterocycles. The Morgan fingerprint density at radius 3 is 2.66 bits per heavy atom. The van der Waals surface area contributed by atoms with E-state index in [1.54, 1.807) is 30.3 Å². The van der Waals surface area contributed by atoms with E-state index in [1.807, 2.05) is 24.5 Å². The number of hydrogen-bond donors (Lipinski definition) is 2. The molecule has 0 unspecified atom stereocenters. The molecule has 0 saturated carbocycles. The van der Waals surface area contributed by atoms with Crippen LogP contribution in [0.5, 0.6) is 0 Å². The minimum atomic E-state index is -0.674. The van der Waals surface area contributed by atoms with Crippen molar-refractivity contribution in [3.63, 3.8) is 0 Å². The molecule has 3 aromatic rings. The molecule has 1 aliphatic heterocycles. The van der Waals surface area contributed by atoms with Gasteiger partial charge in [0.25, 0.3) is 0 Å². The van der Waals surface area contributed by atoms with Crippen LogP contribution in [0.25, 0.3) is 11.3 Å². The monoisotopic (exact) mass is 409 g/mol. The Kier molecular flexibility index (Phi) is 4.52. The van der Waals surface area contributed by atoms with Gasteiger partial charge in [-0.05, 0) is 56.3 Å². The summed E-state index contributed by atoms with van der Waals surface area (Å²) in [5.41, 5.74) is 1.63. The molecule has 1 aromatic heterocycles. The Labute approximate surface area is 171 Å². The van der Waals surface area contributed by atoms with Crippen LogP contribution in [-0.2, 0) is 16.9 Å². The van der Waals surface area contributed by atoms with Gasteiger partial charge in [0, 0.05) is 11.3 Å². The van der Waals surface area contributed by atoms with E-state index in [4.69, 9.17) is 21.8 Å². The van der Waals surface area contributed by atoms with E-state index in [0.29, 0.717) is 39.2 Å². The lowest BCUT2D eigenvalue weighted by Gasteiger charge is -2.31. The molecule has 146 valence electrons. The second kappa shape index (κ2) is 6.90. The number of anilines is 2. The van der Waals surface area contributed by atoms with Crippen LogP contribution in [0.4, 0.5) is 15.9 Å². The number of carbonyl (C=O) groups excluding carboxylic acids is 1. The number of benzene rings is 2. The summed E-state index contributed by atoms with van der Waals surface area (Å²) in [4.78, 5) is 17.0. The average Bonchev–Trinajstić information content (AvgIpc) is 3.01. The van der Waals surface area contributed by atoms with Crippen LogP contribution < -0.4 is 10.6 Å². The molecule has 0 saturated heterocycles. The first-order valence-corrected chi connectivity index (χ1v) is 9.31. The summed E-state index contributed by atoms with van der Waals surface area (Å²) in [6, 6.07) is 13.0. The molecule has 0 spiro atoms. The number of rotatable bonds is 3. The number of nitrogens with zero attached hydrogens (tertiary/aromatic N) is 3. The zero-order chi connectivity index (χ0) is 20.8. The molecular formula is C21H17ClFN5O. The maximum atomic E-state index is 13.4. The average molecular weight is 410 g/mol. The van der Waals surface area contributed by atoms with Crippen molar-refractivity contribution in [2.75, 3.05) is 5.32 Å². The van der Waals surface area contributed by atoms with Gasteiger partial charge in [0.1, 0.15) is 35.8 Å². The highest BCUT2D eigenvalue weighted by Crippen LogP contribution is 2.37.